The van der Waals surface area contributed by atoms with E-state index in [1.807, 2.05) is 0 Å². The molecule has 268 valence electrons. The van der Waals surface area contributed by atoms with Crippen molar-refractivity contribution in [3.8, 4) is 0 Å². The maximum Gasteiger partial charge on any atom is 2.00 e. The summed E-state index contributed by atoms with van der Waals surface area (Å²) >= 11 is 0. The minimum atomic E-state index is -1.39. The summed E-state index contributed by atoms with van der Waals surface area (Å²) in [5, 5.41) is 21.4. The molecule has 0 unspecified atom stereocenters. The molecule has 0 aliphatic heterocycles. The summed E-state index contributed by atoms with van der Waals surface area (Å²) in [5.41, 5.74) is -0.310. The van der Waals surface area contributed by atoms with Gasteiger partial charge in [-0.15, -0.1) is 13.2 Å². The molecule has 0 spiro atoms. The molecule has 0 amide bonds. The first-order valence-electron chi connectivity index (χ1n) is 16.9. The molecule has 2 aromatic rings. The van der Waals surface area contributed by atoms with E-state index in [4.69, 9.17) is 9.47 Å². The number of hydrogen-bond donors (Lipinski definition) is 0. The quantitative estimate of drug-likeness (QED) is 0.0583. The molecule has 0 bridgehead atoms. The van der Waals surface area contributed by atoms with E-state index in [1.54, 1.807) is 24.3 Å². The summed E-state index contributed by atoms with van der Waals surface area (Å²) in [7, 11) is 0. The Morgan fingerprint density at radius 3 is 1.14 bits per heavy atom. The average molecular weight is 784 g/mol. The molecular formula is C40H56O8Sn. The third kappa shape index (κ3) is 27.1. The molecule has 0 saturated carbocycles. The molecule has 2 aromatic carbocycles. The van der Waals surface area contributed by atoms with Crippen LogP contribution in [0.25, 0.3) is 0 Å². The topological polar surface area (TPSA) is 133 Å². The average Bonchev–Trinajstić information content (AvgIpc) is 3.09. The van der Waals surface area contributed by atoms with Crippen molar-refractivity contribution >= 4 is 47.8 Å². The molecular weight excluding hydrogens is 727 g/mol. The van der Waals surface area contributed by atoms with Gasteiger partial charge < -0.3 is 29.3 Å². The van der Waals surface area contributed by atoms with Crippen LogP contribution in [0.15, 0.2) is 73.8 Å². The molecule has 4 radical (unpaired) electrons. The van der Waals surface area contributed by atoms with E-state index in [9.17, 15) is 29.4 Å². The first-order chi connectivity index (χ1) is 23.2. The predicted molar refractivity (Wildman–Crippen MR) is 195 cm³/mol. The second-order valence-electron chi connectivity index (χ2n) is 10.6. The summed E-state index contributed by atoms with van der Waals surface area (Å²) in [5.74, 6) is -4.11. The summed E-state index contributed by atoms with van der Waals surface area (Å²) in [6.07, 6.45) is 20.2. The van der Waals surface area contributed by atoms with Gasteiger partial charge in [0.05, 0.1) is 36.3 Å². The third-order valence-electron chi connectivity index (χ3n) is 6.55. The number of hydrogen-bond acceptors (Lipinski definition) is 8. The van der Waals surface area contributed by atoms with E-state index < -0.39 is 23.9 Å². The van der Waals surface area contributed by atoms with Crippen molar-refractivity contribution in [3.05, 3.63) is 110 Å². The van der Waals surface area contributed by atoms with Crippen LogP contribution in [-0.2, 0) is 9.47 Å². The zero-order valence-corrected chi connectivity index (χ0v) is 32.5. The van der Waals surface area contributed by atoms with Gasteiger partial charge in [0.25, 0.3) is 0 Å². The SMILES string of the molecule is C=CCCOC(=O)c1ccccc1C(=O)[O-].C=CCCOC(=O)c1ccccc1C(=O)[O-].[CH2]CCCCCCC.[CH2]CCCCCCC.[Sn+2]. The van der Waals surface area contributed by atoms with Gasteiger partial charge in [0, 0.05) is 11.1 Å². The zero-order chi connectivity index (χ0) is 36.4. The van der Waals surface area contributed by atoms with E-state index in [0.29, 0.717) is 12.8 Å². The number of benzene rings is 2. The molecule has 0 atom stereocenters. The van der Waals surface area contributed by atoms with E-state index >= 15 is 0 Å². The van der Waals surface area contributed by atoms with Crippen molar-refractivity contribution in [1.82, 2.24) is 0 Å². The molecule has 2 rings (SSSR count). The zero-order valence-electron chi connectivity index (χ0n) is 29.7. The second kappa shape index (κ2) is 35.9. The molecule has 49 heavy (non-hydrogen) atoms. The van der Waals surface area contributed by atoms with Crippen LogP contribution >= 0.6 is 0 Å². The van der Waals surface area contributed by atoms with Gasteiger partial charge >= 0.3 is 35.8 Å². The Morgan fingerprint density at radius 2 is 0.878 bits per heavy atom. The minimum Gasteiger partial charge on any atom is -0.545 e. The van der Waals surface area contributed by atoms with Gasteiger partial charge in [-0.1, -0.05) is 153 Å². The summed E-state index contributed by atoms with van der Waals surface area (Å²) in [6, 6.07) is 11.6. The number of carbonyl (C=O) groups excluding carboxylic acids is 4. The smallest absolute Gasteiger partial charge is 0.545 e. The minimum absolute atomic E-state index is 0. The molecule has 0 saturated heterocycles. The standard InChI is InChI=1S/2C12H12O4.2C8H17.Sn/c2*1-2-3-8-16-12(15)10-7-5-4-6-9(10)11(13)14;2*1-3-5-7-8-6-4-2;/h2*2,4-7H,1,3,8H2,(H,13,14);2*1,3-8H2,2H3;/q;;;;+2/p-2. The van der Waals surface area contributed by atoms with Crippen molar-refractivity contribution in [2.24, 2.45) is 0 Å². The number of esters is 2. The third-order valence-corrected chi connectivity index (χ3v) is 6.55. The van der Waals surface area contributed by atoms with Gasteiger partial charge in [-0.05, 0) is 25.0 Å². The van der Waals surface area contributed by atoms with Gasteiger partial charge in [-0.2, -0.15) is 0 Å². The van der Waals surface area contributed by atoms with E-state index in [0.717, 1.165) is 12.8 Å². The second-order valence-corrected chi connectivity index (χ2v) is 10.6. The van der Waals surface area contributed by atoms with Crippen LogP contribution in [0, 0.1) is 13.8 Å². The van der Waals surface area contributed by atoms with Gasteiger partial charge in [-0.3, -0.25) is 0 Å². The fourth-order valence-electron chi connectivity index (χ4n) is 3.86. The number of unbranched alkanes of at least 4 members (excludes halogenated alkanes) is 10. The van der Waals surface area contributed by atoms with Gasteiger partial charge in [0.15, 0.2) is 0 Å². The number of carbonyl (C=O) groups is 4. The predicted octanol–water partition coefficient (Wildman–Crippen LogP) is 7.55. The maximum atomic E-state index is 11.5. The van der Waals surface area contributed by atoms with Crippen molar-refractivity contribution in [3.63, 3.8) is 0 Å². The van der Waals surface area contributed by atoms with Gasteiger partial charge in [0.2, 0.25) is 0 Å². The monoisotopic (exact) mass is 784 g/mol. The van der Waals surface area contributed by atoms with Crippen molar-refractivity contribution < 1.29 is 38.9 Å². The molecule has 9 heteroatoms. The van der Waals surface area contributed by atoms with Crippen molar-refractivity contribution in [2.75, 3.05) is 13.2 Å². The fraction of sp³-hybridized carbons (Fsp3) is 0.450. The number of ether oxygens (including phenoxy) is 2. The Morgan fingerprint density at radius 1 is 0.571 bits per heavy atom. The van der Waals surface area contributed by atoms with Crippen LogP contribution in [0.1, 0.15) is 145 Å². The van der Waals surface area contributed by atoms with Crippen molar-refractivity contribution in [2.45, 2.75) is 104 Å². The summed E-state index contributed by atoms with van der Waals surface area (Å²) < 4.78 is 9.72. The number of carboxylic acid groups (broad SMARTS) is 2. The first kappa shape index (κ1) is 50.0. The van der Waals surface area contributed by atoms with Crippen LogP contribution in [-0.4, -0.2) is 61.0 Å². The number of carboxylic acids is 2. The fourth-order valence-corrected chi connectivity index (χ4v) is 3.86. The Balaban J connectivity index is -0.000000603. The molecule has 0 aliphatic carbocycles. The summed E-state index contributed by atoms with van der Waals surface area (Å²) in [4.78, 5) is 44.4. The van der Waals surface area contributed by atoms with E-state index in [-0.39, 0.29) is 59.4 Å². The number of rotatable bonds is 20. The van der Waals surface area contributed by atoms with Crippen LogP contribution in [0.3, 0.4) is 0 Å². The Kier molecular flexibility index (Phi) is 36.6. The van der Waals surface area contributed by atoms with Gasteiger partial charge in [0.1, 0.15) is 0 Å². The Bertz CT molecular complexity index is 1070. The number of aromatic carboxylic acids is 2. The molecule has 0 N–H and O–H groups in total. The van der Waals surface area contributed by atoms with Gasteiger partial charge in [-0.25, -0.2) is 9.59 Å². The first-order valence-corrected chi connectivity index (χ1v) is 16.9. The molecule has 0 heterocycles. The van der Waals surface area contributed by atoms with Crippen LogP contribution < -0.4 is 10.2 Å². The Labute approximate surface area is 312 Å². The maximum absolute atomic E-state index is 11.5. The summed E-state index contributed by atoms with van der Waals surface area (Å²) in [6.45, 7) is 19.4. The molecule has 0 fully saturated rings. The molecule has 0 aromatic heterocycles. The van der Waals surface area contributed by atoms with E-state index in [2.05, 4.69) is 40.9 Å². The van der Waals surface area contributed by atoms with Crippen LogP contribution in [0.4, 0.5) is 0 Å². The van der Waals surface area contributed by atoms with Crippen LogP contribution in [0.5, 0.6) is 0 Å². The van der Waals surface area contributed by atoms with E-state index in [1.165, 1.54) is 101 Å². The van der Waals surface area contributed by atoms with Crippen molar-refractivity contribution in [1.29, 1.82) is 0 Å². The largest absolute Gasteiger partial charge is 2.00 e. The normalized spacial score (nSPS) is 9.39. The Hall–Kier alpha value is -3.40. The molecule has 8 nitrogen and oxygen atoms in total. The molecule has 0 aliphatic rings. The van der Waals surface area contributed by atoms with Crippen LogP contribution in [0.2, 0.25) is 0 Å².